The Labute approximate surface area is 177 Å². The highest BCUT2D eigenvalue weighted by Crippen LogP contribution is 2.40. The van der Waals surface area contributed by atoms with Crippen LogP contribution in [-0.4, -0.2) is 49.4 Å². The van der Waals surface area contributed by atoms with Gasteiger partial charge in [0.15, 0.2) is 5.82 Å². The van der Waals surface area contributed by atoms with Crippen LogP contribution in [0.3, 0.4) is 0 Å². The molecule has 1 amide bonds. The van der Waals surface area contributed by atoms with E-state index in [1.807, 2.05) is 4.90 Å². The average Bonchev–Trinajstić information content (AvgIpc) is 3.36. The molecule has 0 radical (unpaired) electrons. The molecule has 7 nitrogen and oxygen atoms in total. The number of nitrogens with one attached hydrogen (secondary N) is 1. The van der Waals surface area contributed by atoms with E-state index in [1.54, 1.807) is 18.5 Å². The van der Waals surface area contributed by atoms with Crippen molar-refractivity contribution in [3.63, 3.8) is 0 Å². The SMILES string of the molecule is O=C(c1ccc(F)cc1-c1ncccn1)N1C[C@H]2C[C@@H](Nc3ncc(Cl)cn3)[C@@H]1C2. The summed E-state index contributed by atoms with van der Waals surface area (Å²) in [6.45, 7) is 0.676. The van der Waals surface area contributed by atoms with Crippen LogP contribution in [0.25, 0.3) is 11.4 Å². The van der Waals surface area contributed by atoms with Crippen molar-refractivity contribution < 1.29 is 9.18 Å². The number of amides is 1. The zero-order valence-electron chi connectivity index (χ0n) is 15.9. The van der Waals surface area contributed by atoms with E-state index in [0.717, 1.165) is 12.8 Å². The molecule has 3 heterocycles. The number of fused-ring (bicyclic) bond motifs is 2. The van der Waals surface area contributed by atoms with Crippen LogP contribution in [0, 0.1) is 11.7 Å². The summed E-state index contributed by atoms with van der Waals surface area (Å²) in [5.74, 6) is 0.643. The molecule has 1 aromatic carbocycles. The smallest absolute Gasteiger partial charge is 0.254 e. The van der Waals surface area contributed by atoms with Crippen LogP contribution >= 0.6 is 11.6 Å². The summed E-state index contributed by atoms with van der Waals surface area (Å²) in [6.07, 6.45) is 8.08. The molecule has 3 atom stereocenters. The first-order valence-corrected chi connectivity index (χ1v) is 10.1. The van der Waals surface area contributed by atoms with Crippen LogP contribution in [0.4, 0.5) is 10.3 Å². The lowest BCUT2D eigenvalue weighted by atomic mass is 10.0. The third kappa shape index (κ3) is 3.47. The molecule has 152 valence electrons. The Balaban J connectivity index is 1.41. The van der Waals surface area contributed by atoms with Gasteiger partial charge in [0.25, 0.3) is 5.91 Å². The van der Waals surface area contributed by atoms with Crippen molar-refractivity contribution in [1.29, 1.82) is 0 Å². The van der Waals surface area contributed by atoms with Gasteiger partial charge < -0.3 is 10.2 Å². The predicted octanol–water partition coefficient (Wildman–Crippen LogP) is 3.44. The van der Waals surface area contributed by atoms with Crippen molar-refractivity contribution in [3.8, 4) is 11.4 Å². The van der Waals surface area contributed by atoms with Crippen LogP contribution in [0.5, 0.6) is 0 Å². The molecule has 3 aromatic rings. The zero-order valence-corrected chi connectivity index (χ0v) is 16.6. The second kappa shape index (κ2) is 7.60. The van der Waals surface area contributed by atoms with Gasteiger partial charge in [0.1, 0.15) is 5.82 Å². The Kier molecular flexibility index (Phi) is 4.78. The summed E-state index contributed by atoms with van der Waals surface area (Å²) in [4.78, 5) is 32.1. The Morgan fingerprint density at radius 3 is 2.63 bits per heavy atom. The predicted molar refractivity (Wildman–Crippen MR) is 109 cm³/mol. The minimum Gasteiger partial charge on any atom is -0.349 e. The van der Waals surface area contributed by atoms with Gasteiger partial charge in [0.2, 0.25) is 5.95 Å². The second-order valence-corrected chi connectivity index (χ2v) is 8.04. The molecule has 1 saturated heterocycles. The first-order valence-electron chi connectivity index (χ1n) is 9.70. The Hall–Kier alpha value is -3.13. The summed E-state index contributed by atoms with van der Waals surface area (Å²) >= 11 is 5.86. The third-order valence-corrected chi connectivity index (χ3v) is 5.89. The lowest BCUT2D eigenvalue weighted by molar-refractivity contribution is 0.0692. The molecule has 2 aliphatic rings. The molecule has 1 N–H and O–H groups in total. The summed E-state index contributed by atoms with van der Waals surface area (Å²) in [5.41, 5.74) is 0.797. The van der Waals surface area contributed by atoms with Gasteiger partial charge in [-0.15, -0.1) is 0 Å². The van der Waals surface area contributed by atoms with E-state index in [-0.39, 0.29) is 18.0 Å². The second-order valence-electron chi connectivity index (χ2n) is 7.60. The molecule has 2 fully saturated rings. The summed E-state index contributed by atoms with van der Waals surface area (Å²) < 4.78 is 13.9. The van der Waals surface area contributed by atoms with Crippen LogP contribution in [-0.2, 0) is 0 Å². The lowest BCUT2D eigenvalue weighted by Gasteiger charge is -2.34. The van der Waals surface area contributed by atoms with Crippen molar-refractivity contribution in [2.45, 2.75) is 24.9 Å². The maximum atomic E-state index is 13.9. The third-order valence-electron chi connectivity index (χ3n) is 5.70. The van der Waals surface area contributed by atoms with Gasteiger partial charge >= 0.3 is 0 Å². The van der Waals surface area contributed by atoms with Gasteiger partial charge in [-0.25, -0.2) is 24.3 Å². The van der Waals surface area contributed by atoms with Gasteiger partial charge in [0.05, 0.1) is 29.0 Å². The molecule has 2 aromatic heterocycles. The lowest BCUT2D eigenvalue weighted by Crippen LogP contribution is -2.48. The van der Waals surface area contributed by atoms with Crippen molar-refractivity contribution in [3.05, 3.63) is 65.5 Å². The van der Waals surface area contributed by atoms with Crippen LogP contribution in [0.15, 0.2) is 49.1 Å². The number of hydrogen-bond acceptors (Lipinski definition) is 6. The number of benzene rings is 1. The quantitative estimate of drug-likeness (QED) is 0.690. The van der Waals surface area contributed by atoms with Crippen molar-refractivity contribution >= 4 is 23.5 Å². The Bertz CT molecular complexity index is 1080. The number of carbonyl (C=O) groups is 1. The van der Waals surface area contributed by atoms with E-state index in [0.29, 0.717) is 40.4 Å². The number of anilines is 1. The Morgan fingerprint density at radius 1 is 1.13 bits per heavy atom. The molecule has 2 bridgehead atoms. The number of aromatic nitrogens is 4. The minimum atomic E-state index is -0.434. The molecular weight excluding hydrogens is 407 g/mol. The normalized spacial score (nSPS) is 22.3. The average molecular weight is 425 g/mol. The highest BCUT2D eigenvalue weighted by molar-refractivity contribution is 6.30. The summed E-state index contributed by atoms with van der Waals surface area (Å²) in [5, 5.41) is 3.80. The van der Waals surface area contributed by atoms with E-state index in [9.17, 15) is 9.18 Å². The fourth-order valence-corrected chi connectivity index (χ4v) is 4.55. The van der Waals surface area contributed by atoms with E-state index in [2.05, 4.69) is 25.3 Å². The highest BCUT2D eigenvalue weighted by atomic mass is 35.5. The van der Waals surface area contributed by atoms with E-state index in [4.69, 9.17) is 11.6 Å². The molecule has 1 saturated carbocycles. The van der Waals surface area contributed by atoms with Gasteiger partial charge in [-0.05, 0) is 43.0 Å². The molecule has 0 unspecified atom stereocenters. The van der Waals surface area contributed by atoms with Crippen molar-refractivity contribution in [2.24, 2.45) is 5.92 Å². The summed E-state index contributed by atoms with van der Waals surface area (Å²) in [6, 6.07) is 5.86. The van der Waals surface area contributed by atoms with Gasteiger partial charge in [0, 0.05) is 30.5 Å². The standard InChI is InChI=1S/C21H18ClFN6O/c22-13-9-26-21(27-10-13)28-17-6-12-7-18(17)29(11-12)20(30)15-3-2-14(23)8-16(15)19-24-4-1-5-25-19/h1-5,8-10,12,17-18H,6-7,11H2,(H,26,27,28)/t12-,17+,18-/m0/s1. The first-order chi connectivity index (χ1) is 14.6. The molecule has 1 aliphatic carbocycles. The number of rotatable bonds is 4. The monoisotopic (exact) mass is 424 g/mol. The van der Waals surface area contributed by atoms with Crippen LogP contribution in [0.2, 0.25) is 5.02 Å². The highest BCUT2D eigenvalue weighted by Gasteiger charge is 2.47. The van der Waals surface area contributed by atoms with Gasteiger partial charge in [-0.1, -0.05) is 11.6 Å². The first kappa shape index (κ1) is 18.9. The van der Waals surface area contributed by atoms with Gasteiger partial charge in [-0.3, -0.25) is 4.79 Å². The number of halogens is 2. The van der Waals surface area contributed by atoms with Crippen molar-refractivity contribution in [1.82, 2.24) is 24.8 Å². The maximum absolute atomic E-state index is 13.9. The van der Waals surface area contributed by atoms with Crippen LogP contribution in [0.1, 0.15) is 23.2 Å². The van der Waals surface area contributed by atoms with Gasteiger partial charge in [-0.2, -0.15) is 0 Å². The molecule has 5 rings (SSSR count). The fraction of sp³-hybridized carbons (Fsp3) is 0.286. The van der Waals surface area contributed by atoms with E-state index in [1.165, 1.54) is 30.6 Å². The number of carbonyl (C=O) groups excluding carboxylic acids is 1. The number of hydrogen-bond donors (Lipinski definition) is 1. The fourth-order valence-electron chi connectivity index (χ4n) is 4.45. The van der Waals surface area contributed by atoms with Crippen molar-refractivity contribution in [2.75, 3.05) is 11.9 Å². The number of piperidine rings is 1. The molecule has 9 heteroatoms. The van der Waals surface area contributed by atoms with E-state index >= 15 is 0 Å². The number of nitrogens with zero attached hydrogens (tertiary/aromatic N) is 5. The van der Waals surface area contributed by atoms with Crippen LogP contribution < -0.4 is 5.32 Å². The maximum Gasteiger partial charge on any atom is 0.254 e. The summed E-state index contributed by atoms with van der Waals surface area (Å²) in [7, 11) is 0. The molecule has 1 aliphatic heterocycles. The van der Waals surface area contributed by atoms with E-state index < -0.39 is 5.82 Å². The largest absolute Gasteiger partial charge is 0.349 e. The minimum absolute atomic E-state index is 0.0105. The molecule has 0 spiro atoms. The topological polar surface area (TPSA) is 83.9 Å². The zero-order chi connectivity index (χ0) is 20.7. The number of likely N-dealkylation sites (tertiary alicyclic amines) is 1. The molecule has 30 heavy (non-hydrogen) atoms. The Morgan fingerprint density at radius 2 is 1.90 bits per heavy atom. The molecular formula is C21H18ClFN6O.